The molecule has 4 aromatic rings. The van der Waals surface area contributed by atoms with Gasteiger partial charge in [0.1, 0.15) is 23.3 Å². The minimum atomic E-state index is -0.993. The van der Waals surface area contributed by atoms with Gasteiger partial charge in [0.25, 0.3) is 11.8 Å². The maximum Gasteiger partial charge on any atom is 0.255 e. The molecule has 0 heterocycles. The summed E-state index contributed by atoms with van der Waals surface area (Å²) in [5.74, 6) is -0.253. The average molecular weight is 540 g/mol. The molecule has 4 N–H and O–H groups in total. The number of carbonyl (C=O) groups is 3. The van der Waals surface area contributed by atoms with E-state index in [1.165, 1.54) is 26.4 Å². The molecule has 0 saturated carbocycles. The number of anilines is 2. The van der Waals surface area contributed by atoms with Crippen LogP contribution in [0.25, 0.3) is 0 Å². The van der Waals surface area contributed by atoms with E-state index in [1.807, 2.05) is 0 Å². The van der Waals surface area contributed by atoms with E-state index in [9.17, 15) is 19.5 Å². The van der Waals surface area contributed by atoms with Gasteiger partial charge in [-0.05, 0) is 66.2 Å². The lowest BCUT2D eigenvalue weighted by atomic mass is 10.0. The lowest BCUT2D eigenvalue weighted by Gasteiger charge is -2.20. The normalized spacial score (nSPS) is 11.2. The molecule has 0 radical (unpaired) electrons. The molecule has 1 atom stereocenters. The minimum absolute atomic E-state index is 0.0873. The molecule has 9 heteroatoms. The van der Waals surface area contributed by atoms with Crippen molar-refractivity contribution in [3.63, 3.8) is 0 Å². The number of phenolic OH excluding ortho intramolecular Hbond substituents is 1. The molecule has 3 amide bonds. The second-order valence-corrected chi connectivity index (χ2v) is 8.81. The lowest BCUT2D eigenvalue weighted by molar-refractivity contribution is -0.118. The van der Waals surface area contributed by atoms with Crippen molar-refractivity contribution in [3.05, 3.63) is 114 Å². The van der Waals surface area contributed by atoms with Crippen molar-refractivity contribution in [1.29, 1.82) is 0 Å². The first kappa shape index (κ1) is 27.7. The largest absolute Gasteiger partial charge is 0.508 e. The molecular weight excluding hydrogens is 510 g/mol. The molecule has 0 bridgehead atoms. The number of para-hydroxylation sites is 3. The van der Waals surface area contributed by atoms with Crippen LogP contribution in [0.15, 0.2) is 97.1 Å². The van der Waals surface area contributed by atoms with Gasteiger partial charge in [-0.15, -0.1) is 0 Å². The summed E-state index contributed by atoms with van der Waals surface area (Å²) in [5.41, 5.74) is 2.03. The maximum atomic E-state index is 13.5. The van der Waals surface area contributed by atoms with Gasteiger partial charge in [-0.2, -0.15) is 0 Å². The number of rotatable bonds is 10. The summed E-state index contributed by atoms with van der Waals surface area (Å²) in [4.78, 5) is 39.8. The van der Waals surface area contributed by atoms with Crippen molar-refractivity contribution in [3.8, 4) is 17.2 Å². The molecule has 0 saturated heterocycles. The van der Waals surface area contributed by atoms with E-state index in [-0.39, 0.29) is 23.4 Å². The zero-order valence-electron chi connectivity index (χ0n) is 22.0. The fourth-order valence-electron chi connectivity index (χ4n) is 4.01. The van der Waals surface area contributed by atoms with Gasteiger partial charge in [-0.25, -0.2) is 0 Å². The number of phenols is 1. The van der Waals surface area contributed by atoms with Crippen molar-refractivity contribution >= 4 is 29.1 Å². The molecule has 204 valence electrons. The molecule has 9 nitrogen and oxygen atoms in total. The number of ether oxygens (including phenoxy) is 2. The van der Waals surface area contributed by atoms with E-state index in [0.717, 1.165) is 5.56 Å². The van der Waals surface area contributed by atoms with Crippen LogP contribution in [-0.4, -0.2) is 43.1 Å². The number of nitrogens with one attached hydrogen (secondary N) is 3. The molecule has 0 spiro atoms. The zero-order valence-corrected chi connectivity index (χ0v) is 22.0. The highest BCUT2D eigenvalue weighted by atomic mass is 16.5. The molecule has 0 aliphatic rings. The third kappa shape index (κ3) is 6.96. The Balaban J connectivity index is 1.56. The Bertz CT molecular complexity index is 1490. The monoisotopic (exact) mass is 539 g/mol. The van der Waals surface area contributed by atoms with E-state index >= 15 is 0 Å². The summed E-state index contributed by atoms with van der Waals surface area (Å²) in [6.45, 7) is 0. The Hall–Kier alpha value is -5.31. The Kier molecular flexibility index (Phi) is 8.99. The molecule has 40 heavy (non-hydrogen) atoms. The van der Waals surface area contributed by atoms with Crippen LogP contribution in [-0.2, 0) is 11.2 Å². The second-order valence-electron chi connectivity index (χ2n) is 8.81. The highest BCUT2D eigenvalue weighted by Gasteiger charge is 2.24. The van der Waals surface area contributed by atoms with E-state index < -0.39 is 23.8 Å². The third-order valence-electron chi connectivity index (χ3n) is 6.13. The van der Waals surface area contributed by atoms with Gasteiger partial charge in [0.05, 0.1) is 31.2 Å². The number of amides is 3. The van der Waals surface area contributed by atoms with E-state index in [1.54, 1.807) is 84.9 Å². The number of carbonyl (C=O) groups excluding carboxylic acids is 3. The van der Waals surface area contributed by atoms with Crippen LogP contribution in [0, 0.1) is 0 Å². The summed E-state index contributed by atoms with van der Waals surface area (Å²) in [5, 5.41) is 18.0. The molecular formula is C31H29N3O6. The summed E-state index contributed by atoms with van der Waals surface area (Å²) in [6.07, 6.45) is 0.146. The average Bonchev–Trinajstić information content (AvgIpc) is 2.98. The quantitative estimate of drug-likeness (QED) is 0.233. The van der Waals surface area contributed by atoms with E-state index in [0.29, 0.717) is 22.7 Å². The topological polar surface area (TPSA) is 126 Å². The number of hydrogen-bond acceptors (Lipinski definition) is 6. The van der Waals surface area contributed by atoms with Crippen molar-refractivity contribution in [2.45, 2.75) is 12.5 Å². The molecule has 0 unspecified atom stereocenters. The molecule has 4 aromatic carbocycles. The summed E-state index contributed by atoms with van der Waals surface area (Å²) >= 11 is 0. The predicted octanol–water partition coefficient (Wildman–Crippen LogP) is 4.64. The van der Waals surface area contributed by atoms with Gasteiger partial charge in [0.15, 0.2) is 0 Å². The van der Waals surface area contributed by atoms with Gasteiger partial charge in [-0.3, -0.25) is 14.4 Å². The fraction of sp³-hybridized carbons (Fsp3) is 0.129. The first-order valence-corrected chi connectivity index (χ1v) is 12.4. The van der Waals surface area contributed by atoms with Crippen LogP contribution in [0.4, 0.5) is 11.4 Å². The smallest absolute Gasteiger partial charge is 0.255 e. The molecule has 0 fully saturated rings. The van der Waals surface area contributed by atoms with Gasteiger partial charge in [0.2, 0.25) is 5.91 Å². The van der Waals surface area contributed by atoms with Crippen LogP contribution in [0.3, 0.4) is 0 Å². The minimum Gasteiger partial charge on any atom is -0.508 e. The number of methoxy groups -OCH3 is 2. The highest BCUT2D eigenvalue weighted by Crippen LogP contribution is 2.24. The first-order chi connectivity index (χ1) is 19.4. The number of benzene rings is 4. The highest BCUT2D eigenvalue weighted by molar-refractivity contribution is 6.10. The molecule has 4 rings (SSSR count). The van der Waals surface area contributed by atoms with Crippen molar-refractivity contribution < 1.29 is 29.0 Å². The van der Waals surface area contributed by atoms with Crippen molar-refractivity contribution in [1.82, 2.24) is 5.32 Å². The molecule has 0 aliphatic heterocycles. The van der Waals surface area contributed by atoms with E-state index in [2.05, 4.69) is 16.0 Å². The zero-order chi connectivity index (χ0) is 28.5. The summed E-state index contributed by atoms with van der Waals surface area (Å²) < 4.78 is 10.5. The van der Waals surface area contributed by atoms with Crippen LogP contribution in [0.2, 0.25) is 0 Å². The Morgan fingerprint density at radius 1 is 0.725 bits per heavy atom. The molecule has 0 aliphatic carbocycles. The second kappa shape index (κ2) is 13.0. The van der Waals surface area contributed by atoms with Crippen LogP contribution >= 0.6 is 0 Å². The van der Waals surface area contributed by atoms with Gasteiger partial charge < -0.3 is 30.5 Å². The van der Waals surface area contributed by atoms with E-state index in [4.69, 9.17) is 9.47 Å². The van der Waals surface area contributed by atoms with Gasteiger partial charge >= 0.3 is 0 Å². The summed E-state index contributed by atoms with van der Waals surface area (Å²) in [7, 11) is 3.04. The van der Waals surface area contributed by atoms with Gasteiger partial charge in [-0.1, -0.05) is 36.4 Å². The predicted molar refractivity (Wildman–Crippen MR) is 152 cm³/mol. The van der Waals surface area contributed by atoms with Gasteiger partial charge in [0, 0.05) is 12.0 Å². The SMILES string of the molecule is COc1ccc(C(=O)Nc2ccccc2C(=O)N[C@@H](Cc2ccc(O)cc2)C(=O)Nc2ccccc2OC)cc1. The Morgan fingerprint density at radius 2 is 1.38 bits per heavy atom. The molecule has 0 aromatic heterocycles. The first-order valence-electron chi connectivity index (χ1n) is 12.4. The number of aromatic hydroxyl groups is 1. The summed E-state index contributed by atoms with van der Waals surface area (Å²) in [6, 6.07) is 25.4. The maximum absolute atomic E-state index is 13.5. The standard InChI is InChI=1S/C31H29N3O6/c1-39-23-17-13-21(14-18-23)29(36)32-25-8-4-3-7-24(25)30(37)34-27(19-20-11-15-22(35)16-12-20)31(38)33-26-9-5-6-10-28(26)40-2/h3-18,27,35H,19H2,1-2H3,(H,32,36)(H,33,38)(H,34,37)/t27-/m0/s1. The fourth-order valence-corrected chi connectivity index (χ4v) is 4.01. The van der Waals surface area contributed by atoms with Crippen LogP contribution < -0.4 is 25.4 Å². The third-order valence-corrected chi connectivity index (χ3v) is 6.13. The van der Waals surface area contributed by atoms with Crippen LogP contribution in [0.5, 0.6) is 17.2 Å². The lowest BCUT2D eigenvalue weighted by Crippen LogP contribution is -2.45. The van der Waals surface area contributed by atoms with Crippen molar-refractivity contribution in [2.24, 2.45) is 0 Å². The Morgan fingerprint density at radius 3 is 2.05 bits per heavy atom. The number of hydrogen-bond donors (Lipinski definition) is 4. The van der Waals surface area contributed by atoms with Crippen LogP contribution in [0.1, 0.15) is 26.3 Å². The Labute approximate surface area is 231 Å². The van der Waals surface area contributed by atoms with Crippen molar-refractivity contribution in [2.75, 3.05) is 24.9 Å².